The van der Waals surface area contributed by atoms with Crippen LogP contribution < -0.4 is 16.0 Å². The van der Waals surface area contributed by atoms with Crippen LogP contribution in [0.4, 0.5) is 5.69 Å². The first kappa shape index (κ1) is 23.9. The van der Waals surface area contributed by atoms with Gasteiger partial charge in [0.1, 0.15) is 0 Å². The van der Waals surface area contributed by atoms with Gasteiger partial charge in [0, 0.05) is 29.8 Å². The molecule has 1 aliphatic carbocycles. The van der Waals surface area contributed by atoms with Crippen LogP contribution in [0.1, 0.15) is 63.5 Å². The number of benzene rings is 1. The van der Waals surface area contributed by atoms with Gasteiger partial charge in [0.05, 0.1) is 22.0 Å². The number of thioether (sulfide) groups is 1. The molecule has 2 aliphatic rings. The number of nitrogens with one attached hydrogen (secondary N) is 3. The summed E-state index contributed by atoms with van der Waals surface area (Å²) in [7, 11) is 0. The van der Waals surface area contributed by atoms with Gasteiger partial charge in [0.15, 0.2) is 0 Å². The minimum atomic E-state index is -0.404. The van der Waals surface area contributed by atoms with Gasteiger partial charge in [-0.1, -0.05) is 56.5 Å². The lowest BCUT2D eigenvalue weighted by Crippen LogP contribution is -2.51. The first-order valence-electron chi connectivity index (χ1n) is 11.1. The van der Waals surface area contributed by atoms with E-state index in [0.717, 1.165) is 30.0 Å². The van der Waals surface area contributed by atoms with Gasteiger partial charge in [-0.3, -0.25) is 20.2 Å². The number of nitrogens with zero attached hydrogens (tertiary/aromatic N) is 1. The summed E-state index contributed by atoms with van der Waals surface area (Å²) in [5.74, 6) is 2.29. The van der Waals surface area contributed by atoms with E-state index in [1.54, 1.807) is 23.9 Å². The predicted octanol–water partition coefficient (Wildman–Crippen LogP) is 4.08. The Hall–Kier alpha value is -1.71. The minimum Gasteiger partial charge on any atom is -0.371 e. The highest BCUT2D eigenvalue weighted by Crippen LogP contribution is 2.28. The van der Waals surface area contributed by atoms with Crippen LogP contribution >= 0.6 is 24.0 Å². The fourth-order valence-electron chi connectivity index (χ4n) is 4.26. The third-order valence-corrected chi connectivity index (χ3v) is 7.56. The Balaban J connectivity index is 1.61. The van der Waals surface area contributed by atoms with Crippen LogP contribution in [0.5, 0.6) is 0 Å². The fourth-order valence-corrected chi connectivity index (χ4v) is 5.56. The number of nitro groups is 1. The molecule has 9 heteroatoms. The topological polar surface area (TPSA) is 96.3 Å². The molecular formula is C22H32N4O3S2. The highest BCUT2D eigenvalue weighted by atomic mass is 32.2. The summed E-state index contributed by atoms with van der Waals surface area (Å²) in [6.45, 7) is 1.97. The number of amides is 1. The van der Waals surface area contributed by atoms with E-state index in [9.17, 15) is 14.9 Å². The van der Waals surface area contributed by atoms with Crippen LogP contribution in [0.25, 0.3) is 0 Å². The molecule has 0 bridgehead atoms. The predicted molar refractivity (Wildman–Crippen MR) is 129 cm³/mol. The Labute approximate surface area is 193 Å². The average Bonchev–Trinajstić information content (AvgIpc) is 3.32. The molecule has 1 aliphatic heterocycles. The number of thiocarbonyl (C=S) groups is 1. The molecule has 1 saturated carbocycles. The monoisotopic (exact) mass is 464 g/mol. The van der Waals surface area contributed by atoms with Crippen molar-refractivity contribution in [2.45, 2.75) is 70.0 Å². The van der Waals surface area contributed by atoms with Gasteiger partial charge in [-0.25, -0.2) is 0 Å². The van der Waals surface area contributed by atoms with Crippen LogP contribution in [0, 0.1) is 16.0 Å². The molecule has 0 aromatic heterocycles. The standard InChI is InChI=1S/C22H32N4O3S2/c1-15(17-8-10-18(11-9-17)26(28)29)24-22(30)19(12-7-16-5-3-2-4-6-16)25-21(27)20-13-31-14-23-20/h8-11,15-16,19-20,23H,2-7,12-14H2,1H3,(H,24,30)(H,25,27)/t15-,19-,20+/m1/s1. The number of hydrogen-bond acceptors (Lipinski definition) is 6. The first-order chi connectivity index (χ1) is 14.9. The molecule has 3 atom stereocenters. The number of carbonyl (C=O) groups excluding carboxylic acids is 1. The third-order valence-electron chi connectivity index (χ3n) is 6.22. The van der Waals surface area contributed by atoms with Crippen molar-refractivity contribution in [2.75, 3.05) is 11.6 Å². The van der Waals surface area contributed by atoms with Crippen LogP contribution in [0.2, 0.25) is 0 Å². The lowest BCUT2D eigenvalue weighted by Gasteiger charge is -2.28. The Kier molecular flexibility index (Phi) is 9.10. The zero-order valence-electron chi connectivity index (χ0n) is 18.0. The van der Waals surface area contributed by atoms with Gasteiger partial charge in [-0.15, -0.1) is 11.8 Å². The SMILES string of the molecule is C[C@@H](NC(=S)[C@@H](CCC1CCCCC1)NC(=O)[C@@H]1CSCN1)c1ccc([N+](=O)[O-])cc1. The highest BCUT2D eigenvalue weighted by molar-refractivity contribution is 7.99. The Morgan fingerprint density at radius 1 is 1.26 bits per heavy atom. The number of hydrogen-bond donors (Lipinski definition) is 3. The van der Waals surface area contributed by atoms with Gasteiger partial charge in [-0.05, 0) is 31.2 Å². The van der Waals surface area contributed by atoms with E-state index in [1.165, 1.54) is 44.2 Å². The zero-order valence-corrected chi connectivity index (χ0v) is 19.6. The summed E-state index contributed by atoms with van der Waals surface area (Å²) in [4.78, 5) is 23.8. The van der Waals surface area contributed by atoms with Crippen molar-refractivity contribution >= 4 is 40.6 Å². The zero-order chi connectivity index (χ0) is 22.2. The average molecular weight is 465 g/mol. The van der Waals surface area contributed by atoms with E-state index in [4.69, 9.17) is 12.2 Å². The Morgan fingerprint density at radius 2 is 1.97 bits per heavy atom. The normalized spacial score (nSPS) is 21.3. The fraction of sp³-hybridized carbons (Fsp3) is 0.636. The number of nitro benzene ring substituents is 1. The van der Waals surface area contributed by atoms with Crippen LogP contribution in [0.15, 0.2) is 24.3 Å². The lowest BCUT2D eigenvalue weighted by molar-refractivity contribution is -0.384. The molecule has 1 aromatic carbocycles. The summed E-state index contributed by atoms with van der Waals surface area (Å²) in [5.41, 5.74) is 0.984. The molecule has 0 unspecified atom stereocenters. The summed E-state index contributed by atoms with van der Waals surface area (Å²) in [6.07, 6.45) is 8.34. The van der Waals surface area contributed by atoms with Crippen LogP contribution in [0.3, 0.4) is 0 Å². The summed E-state index contributed by atoms with van der Waals surface area (Å²) in [6, 6.07) is 6.00. The van der Waals surface area contributed by atoms with Gasteiger partial charge in [0.2, 0.25) is 5.91 Å². The van der Waals surface area contributed by atoms with E-state index < -0.39 is 4.92 Å². The molecule has 3 N–H and O–H groups in total. The van der Waals surface area contributed by atoms with Crippen molar-refractivity contribution in [1.82, 2.24) is 16.0 Å². The summed E-state index contributed by atoms with van der Waals surface area (Å²) < 4.78 is 0. The Bertz CT molecular complexity index is 763. The molecule has 31 heavy (non-hydrogen) atoms. The van der Waals surface area contributed by atoms with Gasteiger partial charge >= 0.3 is 0 Å². The molecule has 1 amide bonds. The maximum atomic E-state index is 12.7. The number of rotatable bonds is 9. The van der Waals surface area contributed by atoms with Gasteiger partial charge < -0.3 is 10.6 Å². The summed E-state index contributed by atoms with van der Waals surface area (Å²) >= 11 is 7.44. The first-order valence-corrected chi connectivity index (χ1v) is 12.7. The number of non-ortho nitro benzene ring substituents is 1. The van der Waals surface area contributed by atoms with E-state index in [-0.39, 0.29) is 29.7 Å². The minimum absolute atomic E-state index is 0.00535. The maximum Gasteiger partial charge on any atom is 0.269 e. The molecule has 1 aromatic rings. The molecule has 170 valence electrons. The van der Waals surface area contributed by atoms with Crippen molar-refractivity contribution in [3.63, 3.8) is 0 Å². The third kappa shape index (κ3) is 7.15. The van der Waals surface area contributed by atoms with Crippen LogP contribution in [-0.4, -0.2) is 39.5 Å². The second-order valence-corrected chi connectivity index (χ2v) is 9.96. The molecular weight excluding hydrogens is 432 g/mol. The molecule has 1 heterocycles. The number of carbonyl (C=O) groups is 1. The van der Waals surface area contributed by atoms with E-state index >= 15 is 0 Å². The van der Waals surface area contributed by atoms with Crippen molar-refractivity contribution in [2.24, 2.45) is 5.92 Å². The Morgan fingerprint density at radius 3 is 2.58 bits per heavy atom. The van der Waals surface area contributed by atoms with Crippen molar-refractivity contribution in [3.8, 4) is 0 Å². The molecule has 1 saturated heterocycles. The maximum absolute atomic E-state index is 12.7. The molecule has 0 radical (unpaired) electrons. The van der Waals surface area contributed by atoms with Crippen LogP contribution in [-0.2, 0) is 4.79 Å². The van der Waals surface area contributed by atoms with E-state index in [0.29, 0.717) is 10.9 Å². The quantitative estimate of drug-likeness (QED) is 0.288. The second-order valence-electron chi connectivity index (χ2n) is 8.49. The smallest absolute Gasteiger partial charge is 0.269 e. The van der Waals surface area contributed by atoms with E-state index in [1.807, 2.05) is 6.92 Å². The van der Waals surface area contributed by atoms with Gasteiger partial charge in [0.25, 0.3) is 5.69 Å². The molecule has 7 nitrogen and oxygen atoms in total. The molecule has 0 spiro atoms. The van der Waals surface area contributed by atoms with Crippen molar-refractivity contribution in [1.29, 1.82) is 0 Å². The second kappa shape index (κ2) is 11.8. The van der Waals surface area contributed by atoms with E-state index in [2.05, 4.69) is 16.0 Å². The largest absolute Gasteiger partial charge is 0.371 e. The van der Waals surface area contributed by atoms with Gasteiger partial charge in [-0.2, -0.15) is 0 Å². The summed E-state index contributed by atoms with van der Waals surface area (Å²) in [5, 5.41) is 20.6. The lowest BCUT2D eigenvalue weighted by atomic mass is 9.85. The molecule has 2 fully saturated rings. The van der Waals surface area contributed by atoms with Crippen molar-refractivity contribution < 1.29 is 9.72 Å². The van der Waals surface area contributed by atoms with Crippen molar-refractivity contribution in [3.05, 3.63) is 39.9 Å². The highest BCUT2D eigenvalue weighted by Gasteiger charge is 2.27. The molecule has 3 rings (SSSR count).